The molecular formula is C28H25BrFN3O3. The normalized spacial score (nSPS) is 11.0. The van der Waals surface area contributed by atoms with Crippen molar-refractivity contribution < 1.29 is 18.7 Å². The maximum absolute atomic E-state index is 13.0. The number of carbonyl (C=O) groups excluding carboxylic acids is 1. The lowest BCUT2D eigenvalue weighted by Crippen LogP contribution is -2.25. The largest absolute Gasteiger partial charge is 0.490 e. The van der Waals surface area contributed by atoms with Gasteiger partial charge in [-0.15, -0.1) is 0 Å². The Kier molecular flexibility index (Phi) is 8.52. The standard InChI is InChI=1S/C28H25BrFN3O3/c1-2-35-26-15-19(16-32-33-27(34)17-31-23-12-10-22(30)11-13-23)14-25(29)28(26)36-18-21-8-5-7-20-6-3-4-9-24(20)21/h3-16,31H,2,17-18H2,1H3,(H,33,34)/b32-16-. The summed E-state index contributed by atoms with van der Waals surface area (Å²) in [6.45, 7) is 2.74. The van der Waals surface area contributed by atoms with Gasteiger partial charge >= 0.3 is 0 Å². The SMILES string of the molecule is CCOc1cc(/C=N\NC(=O)CNc2ccc(F)cc2)cc(Br)c1OCc1cccc2ccccc12. The van der Waals surface area contributed by atoms with Gasteiger partial charge in [0.05, 0.1) is 23.8 Å². The second-order valence-electron chi connectivity index (χ2n) is 7.84. The summed E-state index contributed by atoms with van der Waals surface area (Å²) < 4.78 is 25.7. The Morgan fingerprint density at radius 1 is 1.03 bits per heavy atom. The molecule has 4 aromatic carbocycles. The zero-order valence-electron chi connectivity index (χ0n) is 19.6. The molecule has 0 saturated heterocycles. The summed E-state index contributed by atoms with van der Waals surface area (Å²) in [4.78, 5) is 12.1. The molecule has 0 aromatic heterocycles. The van der Waals surface area contributed by atoms with Crippen molar-refractivity contribution in [2.75, 3.05) is 18.5 Å². The molecule has 0 aliphatic rings. The van der Waals surface area contributed by atoms with Gasteiger partial charge < -0.3 is 14.8 Å². The molecule has 4 rings (SSSR count). The molecule has 6 nitrogen and oxygen atoms in total. The summed E-state index contributed by atoms with van der Waals surface area (Å²) in [7, 11) is 0. The zero-order valence-corrected chi connectivity index (χ0v) is 21.2. The fourth-order valence-electron chi connectivity index (χ4n) is 3.60. The number of ether oxygens (including phenoxy) is 2. The van der Waals surface area contributed by atoms with Crippen LogP contribution in [0, 0.1) is 5.82 Å². The van der Waals surface area contributed by atoms with E-state index in [1.165, 1.54) is 18.3 Å². The van der Waals surface area contributed by atoms with E-state index in [2.05, 4.69) is 50.0 Å². The van der Waals surface area contributed by atoms with Crippen molar-refractivity contribution >= 4 is 44.5 Å². The van der Waals surface area contributed by atoms with Crippen molar-refractivity contribution in [3.63, 3.8) is 0 Å². The molecule has 0 saturated carbocycles. The van der Waals surface area contributed by atoms with Crippen molar-refractivity contribution in [2.45, 2.75) is 13.5 Å². The van der Waals surface area contributed by atoms with Crippen molar-refractivity contribution in [2.24, 2.45) is 5.10 Å². The van der Waals surface area contributed by atoms with Crippen molar-refractivity contribution in [1.82, 2.24) is 5.43 Å². The fraction of sp³-hybridized carbons (Fsp3) is 0.143. The number of carbonyl (C=O) groups is 1. The highest BCUT2D eigenvalue weighted by Crippen LogP contribution is 2.37. The third-order valence-electron chi connectivity index (χ3n) is 5.28. The number of nitrogens with zero attached hydrogens (tertiary/aromatic N) is 1. The van der Waals surface area contributed by atoms with Crippen LogP contribution in [0.5, 0.6) is 11.5 Å². The topological polar surface area (TPSA) is 72.0 Å². The highest BCUT2D eigenvalue weighted by Gasteiger charge is 2.13. The smallest absolute Gasteiger partial charge is 0.259 e. The summed E-state index contributed by atoms with van der Waals surface area (Å²) in [5, 5.41) is 9.23. The van der Waals surface area contributed by atoms with E-state index in [1.54, 1.807) is 18.2 Å². The van der Waals surface area contributed by atoms with Crippen LogP contribution in [0.4, 0.5) is 10.1 Å². The van der Waals surface area contributed by atoms with Crippen LogP contribution < -0.4 is 20.2 Å². The maximum atomic E-state index is 13.0. The molecule has 1 amide bonds. The van der Waals surface area contributed by atoms with E-state index < -0.39 is 0 Å². The lowest BCUT2D eigenvalue weighted by molar-refractivity contribution is -0.119. The molecule has 0 unspecified atom stereocenters. The number of fused-ring (bicyclic) bond motifs is 1. The Balaban J connectivity index is 1.40. The highest BCUT2D eigenvalue weighted by molar-refractivity contribution is 9.10. The van der Waals surface area contributed by atoms with Crippen LogP contribution in [0.3, 0.4) is 0 Å². The molecule has 0 atom stereocenters. The van der Waals surface area contributed by atoms with E-state index in [4.69, 9.17) is 9.47 Å². The molecular weight excluding hydrogens is 525 g/mol. The van der Waals surface area contributed by atoms with E-state index in [-0.39, 0.29) is 18.3 Å². The summed E-state index contributed by atoms with van der Waals surface area (Å²) in [5.41, 5.74) is 4.90. The van der Waals surface area contributed by atoms with Gasteiger partial charge in [-0.3, -0.25) is 4.79 Å². The minimum Gasteiger partial charge on any atom is -0.490 e. The van der Waals surface area contributed by atoms with Crippen molar-refractivity contribution in [1.29, 1.82) is 0 Å². The minimum atomic E-state index is -0.338. The van der Waals surface area contributed by atoms with Crippen LogP contribution in [0.25, 0.3) is 10.8 Å². The van der Waals surface area contributed by atoms with Crippen molar-refractivity contribution in [3.8, 4) is 11.5 Å². The van der Waals surface area contributed by atoms with Gasteiger partial charge in [0.25, 0.3) is 5.91 Å². The molecule has 2 N–H and O–H groups in total. The number of nitrogens with one attached hydrogen (secondary N) is 2. The van der Waals surface area contributed by atoms with Gasteiger partial charge in [0.2, 0.25) is 0 Å². The number of anilines is 1. The molecule has 0 aliphatic carbocycles. The molecule has 0 aliphatic heterocycles. The molecule has 0 spiro atoms. The summed E-state index contributed by atoms with van der Waals surface area (Å²) in [6.07, 6.45) is 1.53. The first-order chi connectivity index (χ1) is 17.5. The van der Waals surface area contributed by atoms with E-state index in [9.17, 15) is 9.18 Å². The second-order valence-corrected chi connectivity index (χ2v) is 8.70. The first-order valence-electron chi connectivity index (χ1n) is 11.4. The van der Waals surface area contributed by atoms with Gasteiger partial charge in [0, 0.05) is 5.69 Å². The summed E-state index contributed by atoms with van der Waals surface area (Å²) in [5.74, 6) is 0.485. The van der Waals surface area contributed by atoms with Gasteiger partial charge in [0.1, 0.15) is 12.4 Å². The molecule has 0 fully saturated rings. The fourth-order valence-corrected chi connectivity index (χ4v) is 4.18. The summed E-state index contributed by atoms with van der Waals surface area (Å²) >= 11 is 3.58. The van der Waals surface area contributed by atoms with Crippen LogP contribution in [-0.4, -0.2) is 25.3 Å². The van der Waals surface area contributed by atoms with E-state index >= 15 is 0 Å². The van der Waals surface area contributed by atoms with Crippen LogP contribution in [-0.2, 0) is 11.4 Å². The molecule has 0 radical (unpaired) electrons. The predicted molar refractivity (Wildman–Crippen MR) is 144 cm³/mol. The van der Waals surface area contributed by atoms with Crippen LogP contribution in [0.15, 0.2) is 88.4 Å². The minimum absolute atomic E-state index is 0.00217. The Hall–Kier alpha value is -3.91. The second kappa shape index (κ2) is 12.2. The number of benzene rings is 4. The van der Waals surface area contributed by atoms with Gasteiger partial charge in [-0.05, 0) is 81.2 Å². The highest BCUT2D eigenvalue weighted by atomic mass is 79.9. The van der Waals surface area contributed by atoms with Gasteiger partial charge in [-0.25, -0.2) is 9.82 Å². The van der Waals surface area contributed by atoms with Crippen LogP contribution >= 0.6 is 15.9 Å². The first kappa shape index (κ1) is 25.2. The van der Waals surface area contributed by atoms with Gasteiger partial charge in [0.15, 0.2) is 11.5 Å². The Labute approximate surface area is 217 Å². The molecule has 184 valence electrons. The van der Waals surface area contributed by atoms with Crippen molar-refractivity contribution in [3.05, 3.63) is 100 Å². The number of halogens is 2. The lowest BCUT2D eigenvalue weighted by Gasteiger charge is -2.15. The lowest BCUT2D eigenvalue weighted by atomic mass is 10.1. The average molecular weight is 550 g/mol. The molecule has 0 bridgehead atoms. The summed E-state index contributed by atoms with van der Waals surface area (Å²) in [6, 6.07) is 23.7. The Bertz CT molecular complexity index is 1370. The number of amides is 1. The third-order valence-corrected chi connectivity index (χ3v) is 5.87. The quantitative estimate of drug-likeness (QED) is 0.180. The van der Waals surface area contributed by atoms with Gasteiger partial charge in [-0.1, -0.05) is 42.5 Å². The van der Waals surface area contributed by atoms with E-state index in [0.29, 0.717) is 34.9 Å². The number of rotatable bonds is 10. The maximum Gasteiger partial charge on any atom is 0.259 e. The van der Waals surface area contributed by atoms with E-state index in [0.717, 1.165) is 21.9 Å². The van der Waals surface area contributed by atoms with Crippen LogP contribution in [0.2, 0.25) is 0 Å². The first-order valence-corrected chi connectivity index (χ1v) is 12.2. The average Bonchev–Trinajstić information content (AvgIpc) is 2.88. The monoisotopic (exact) mass is 549 g/mol. The predicted octanol–water partition coefficient (Wildman–Crippen LogP) is 6.28. The number of hydrogen-bond donors (Lipinski definition) is 2. The molecule has 8 heteroatoms. The molecule has 4 aromatic rings. The van der Waals surface area contributed by atoms with E-state index in [1.807, 2.05) is 37.3 Å². The zero-order chi connectivity index (χ0) is 25.3. The van der Waals surface area contributed by atoms with Gasteiger partial charge in [-0.2, -0.15) is 5.10 Å². The number of hydrazone groups is 1. The number of hydrogen-bond acceptors (Lipinski definition) is 5. The third kappa shape index (κ3) is 6.60. The molecule has 36 heavy (non-hydrogen) atoms. The Morgan fingerprint density at radius 2 is 1.81 bits per heavy atom. The molecule has 0 heterocycles. The van der Waals surface area contributed by atoms with Crippen LogP contribution in [0.1, 0.15) is 18.1 Å². The Morgan fingerprint density at radius 3 is 2.61 bits per heavy atom.